The number of nitriles is 2. The lowest BCUT2D eigenvalue weighted by Crippen LogP contribution is -2.07. The third kappa shape index (κ3) is 4.03. The highest BCUT2D eigenvalue weighted by Gasteiger charge is 2.28. The van der Waals surface area contributed by atoms with E-state index in [9.17, 15) is 9.90 Å². The van der Waals surface area contributed by atoms with Crippen molar-refractivity contribution in [3.05, 3.63) is 99.7 Å². The molecule has 4 heteroatoms. The van der Waals surface area contributed by atoms with Gasteiger partial charge in [0.1, 0.15) is 5.76 Å². The molecule has 0 saturated heterocycles. The first-order chi connectivity index (χ1) is 13.7. The van der Waals surface area contributed by atoms with Gasteiger partial charge in [0, 0.05) is 22.3 Å². The number of aliphatic hydroxyl groups excluding tert-OH is 1. The van der Waals surface area contributed by atoms with E-state index in [-0.39, 0.29) is 17.0 Å². The summed E-state index contributed by atoms with van der Waals surface area (Å²) in [6.07, 6.45) is 3.61. The van der Waals surface area contributed by atoms with Crippen LogP contribution >= 0.6 is 0 Å². The third-order valence-corrected chi connectivity index (χ3v) is 4.77. The molecule has 1 aliphatic carbocycles. The smallest absolute Gasteiger partial charge is 0.193 e. The molecule has 142 valence electrons. The Hall–Kier alpha value is -3.89. The molecular weight excluding hydrogens is 360 g/mol. The molecule has 0 amide bonds. The van der Waals surface area contributed by atoms with Crippen molar-refractivity contribution in [3.8, 4) is 12.1 Å². The van der Waals surface area contributed by atoms with Crippen LogP contribution in [-0.4, -0.2) is 10.9 Å². The largest absolute Gasteiger partial charge is 0.507 e. The molecule has 0 spiro atoms. The number of carbonyl (C=O) groups is 1. The lowest BCUT2D eigenvalue weighted by molar-refractivity contribution is 0.103. The predicted octanol–water partition coefficient (Wildman–Crippen LogP) is 5.49. The molecule has 2 aromatic carbocycles. The zero-order chi connectivity index (χ0) is 21.2. The fourth-order valence-electron chi connectivity index (χ4n) is 3.10. The van der Waals surface area contributed by atoms with E-state index in [4.69, 9.17) is 10.5 Å². The first kappa shape index (κ1) is 19.9. The number of hydrogen-bond donors (Lipinski definition) is 1. The maximum atomic E-state index is 13.2. The van der Waals surface area contributed by atoms with Gasteiger partial charge in [0.2, 0.25) is 0 Å². The number of rotatable bonds is 3. The van der Waals surface area contributed by atoms with Crippen LogP contribution in [0.5, 0.6) is 0 Å². The van der Waals surface area contributed by atoms with Gasteiger partial charge in [0.15, 0.2) is 5.78 Å². The number of carbonyl (C=O) groups excluding carboxylic acids is 1. The lowest BCUT2D eigenvalue weighted by Gasteiger charge is -2.18. The summed E-state index contributed by atoms with van der Waals surface area (Å²) in [4.78, 5) is 13.2. The average Bonchev–Trinajstić information content (AvgIpc) is 3.18. The Bertz CT molecular complexity index is 1180. The van der Waals surface area contributed by atoms with Gasteiger partial charge in [0.25, 0.3) is 0 Å². The number of allylic oxidation sites excluding steroid dienone is 5. The first-order valence-corrected chi connectivity index (χ1v) is 9.17. The van der Waals surface area contributed by atoms with Crippen molar-refractivity contribution in [1.29, 1.82) is 10.5 Å². The van der Waals surface area contributed by atoms with Crippen LogP contribution in [0.25, 0.3) is 5.76 Å². The van der Waals surface area contributed by atoms with Gasteiger partial charge in [-0.2, -0.15) is 10.5 Å². The summed E-state index contributed by atoms with van der Waals surface area (Å²) in [6.45, 7) is 6.10. The van der Waals surface area contributed by atoms with Crippen LogP contribution in [0.3, 0.4) is 0 Å². The van der Waals surface area contributed by atoms with Crippen molar-refractivity contribution < 1.29 is 9.90 Å². The maximum Gasteiger partial charge on any atom is 0.193 e. The molecule has 2 aromatic rings. The standard InChI is InChI=1S/C25H20N2O2/c1-25(2,3)20-12-21(23(28)18-8-4-6-16(10-18)14-26)22(13-20)24(29)19-9-5-7-17(11-19)15-27/h4-13,28H,1-3H3/b23-21-. The summed E-state index contributed by atoms with van der Waals surface area (Å²) in [7, 11) is 0. The summed E-state index contributed by atoms with van der Waals surface area (Å²) in [5.74, 6) is -0.326. The van der Waals surface area contributed by atoms with E-state index < -0.39 is 0 Å². The van der Waals surface area contributed by atoms with E-state index in [1.807, 2.05) is 32.9 Å². The number of nitrogens with zero attached hydrogens (tertiary/aromatic N) is 2. The molecule has 0 bridgehead atoms. The molecule has 0 unspecified atom stereocenters. The van der Waals surface area contributed by atoms with Crippen LogP contribution in [0.4, 0.5) is 0 Å². The van der Waals surface area contributed by atoms with E-state index in [1.165, 1.54) is 0 Å². The highest BCUT2D eigenvalue weighted by Crippen LogP contribution is 2.39. The van der Waals surface area contributed by atoms with Gasteiger partial charge >= 0.3 is 0 Å². The van der Waals surface area contributed by atoms with E-state index in [0.717, 1.165) is 5.57 Å². The van der Waals surface area contributed by atoms with E-state index in [1.54, 1.807) is 54.6 Å². The van der Waals surface area contributed by atoms with Gasteiger partial charge < -0.3 is 5.11 Å². The van der Waals surface area contributed by atoms with Gasteiger partial charge in [-0.3, -0.25) is 4.79 Å². The SMILES string of the molecule is CC(C)(C)C1=C/C(=C(/O)c2cccc(C#N)c2)C(C(=O)c2cccc(C#N)c2)=C1. The highest BCUT2D eigenvalue weighted by molar-refractivity contribution is 6.14. The Kier molecular flexibility index (Phi) is 5.22. The topological polar surface area (TPSA) is 84.9 Å². The summed E-state index contributed by atoms with van der Waals surface area (Å²) < 4.78 is 0. The molecule has 0 atom stereocenters. The molecule has 0 saturated carbocycles. The number of Topliss-reactive ketones (excluding diaryl/α,β-unsaturated/α-hetero) is 1. The van der Waals surface area contributed by atoms with Gasteiger partial charge in [-0.1, -0.05) is 45.0 Å². The molecule has 0 fully saturated rings. The second-order valence-corrected chi connectivity index (χ2v) is 7.88. The molecule has 0 aromatic heterocycles. The normalized spacial score (nSPS) is 15.1. The number of hydrogen-bond acceptors (Lipinski definition) is 4. The molecule has 0 radical (unpaired) electrons. The van der Waals surface area contributed by atoms with Crippen LogP contribution < -0.4 is 0 Å². The van der Waals surface area contributed by atoms with E-state index in [0.29, 0.717) is 33.4 Å². The van der Waals surface area contributed by atoms with Crippen molar-refractivity contribution in [1.82, 2.24) is 0 Å². The molecule has 4 nitrogen and oxygen atoms in total. The van der Waals surface area contributed by atoms with Crippen LogP contribution in [0.2, 0.25) is 0 Å². The number of ketones is 1. The summed E-state index contributed by atoms with van der Waals surface area (Å²) in [5.41, 5.74) is 3.14. The Morgan fingerprint density at radius 2 is 1.45 bits per heavy atom. The average molecular weight is 380 g/mol. The first-order valence-electron chi connectivity index (χ1n) is 9.17. The van der Waals surface area contributed by atoms with Crippen LogP contribution in [0.1, 0.15) is 47.8 Å². The summed E-state index contributed by atoms with van der Waals surface area (Å²) in [6, 6.07) is 17.2. The third-order valence-electron chi connectivity index (χ3n) is 4.77. The van der Waals surface area contributed by atoms with Gasteiger partial charge in [-0.05, 0) is 47.4 Å². The quantitative estimate of drug-likeness (QED) is 0.563. The molecule has 0 aliphatic heterocycles. The fourth-order valence-corrected chi connectivity index (χ4v) is 3.10. The molecule has 1 N–H and O–H groups in total. The second kappa shape index (κ2) is 7.62. The van der Waals surface area contributed by atoms with Crippen molar-refractivity contribution in [2.24, 2.45) is 5.41 Å². The maximum absolute atomic E-state index is 13.2. The van der Waals surface area contributed by atoms with E-state index >= 15 is 0 Å². The Morgan fingerprint density at radius 1 is 0.897 bits per heavy atom. The lowest BCUT2D eigenvalue weighted by atomic mass is 9.87. The second-order valence-electron chi connectivity index (χ2n) is 7.88. The zero-order valence-electron chi connectivity index (χ0n) is 16.5. The number of aliphatic hydroxyl groups is 1. The Labute approximate surface area is 170 Å². The van der Waals surface area contributed by atoms with Crippen molar-refractivity contribution in [2.75, 3.05) is 0 Å². The summed E-state index contributed by atoms with van der Waals surface area (Å²) in [5, 5.41) is 29.2. The molecule has 1 aliphatic rings. The Balaban J connectivity index is 2.16. The van der Waals surface area contributed by atoms with Crippen molar-refractivity contribution >= 4 is 11.5 Å². The van der Waals surface area contributed by atoms with Crippen LogP contribution in [0.15, 0.2) is 77.4 Å². The molecule has 29 heavy (non-hydrogen) atoms. The van der Waals surface area contributed by atoms with Gasteiger partial charge in [-0.25, -0.2) is 0 Å². The monoisotopic (exact) mass is 380 g/mol. The number of benzene rings is 2. The predicted molar refractivity (Wildman–Crippen MR) is 112 cm³/mol. The van der Waals surface area contributed by atoms with Crippen LogP contribution in [-0.2, 0) is 0 Å². The molecule has 0 heterocycles. The fraction of sp³-hybridized carbons (Fsp3) is 0.160. The minimum absolute atomic E-state index is 0.0580. The van der Waals surface area contributed by atoms with Crippen LogP contribution in [0, 0.1) is 28.1 Å². The van der Waals surface area contributed by atoms with Crippen molar-refractivity contribution in [3.63, 3.8) is 0 Å². The minimum Gasteiger partial charge on any atom is -0.507 e. The zero-order valence-corrected chi connectivity index (χ0v) is 16.5. The molecule has 3 rings (SSSR count). The summed E-state index contributed by atoms with van der Waals surface area (Å²) >= 11 is 0. The minimum atomic E-state index is -0.268. The van der Waals surface area contributed by atoms with Gasteiger partial charge in [0.05, 0.1) is 23.3 Å². The van der Waals surface area contributed by atoms with Crippen molar-refractivity contribution in [2.45, 2.75) is 20.8 Å². The molecular formula is C25H20N2O2. The van der Waals surface area contributed by atoms with Gasteiger partial charge in [-0.15, -0.1) is 0 Å². The highest BCUT2D eigenvalue weighted by atomic mass is 16.3. The van der Waals surface area contributed by atoms with E-state index in [2.05, 4.69) is 6.07 Å². The Morgan fingerprint density at radius 3 is 2.00 bits per heavy atom.